The number of hydrogen-bond donors (Lipinski definition) is 0. The molecule has 0 unspecified atom stereocenters. The highest BCUT2D eigenvalue weighted by Gasteiger charge is 1.98. The fraction of sp³-hybridized carbons (Fsp3) is 0.100. The monoisotopic (exact) mass is 265 g/mol. The van der Waals surface area contributed by atoms with Gasteiger partial charge in [-0.1, -0.05) is 33.2 Å². The van der Waals surface area contributed by atoms with Gasteiger partial charge in [0.2, 0.25) is 0 Å². The van der Waals surface area contributed by atoms with Gasteiger partial charge in [0, 0.05) is 15.1 Å². The zero-order valence-electron chi connectivity index (χ0n) is 8.01. The molecule has 0 bridgehead atoms. The van der Waals surface area contributed by atoms with Gasteiger partial charge in [-0.15, -0.1) is 0 Å². The molecule has 1 aromatic carbocycles. The summed E-state index contributed by atoms with van der Waals surface area (Å²) in [4.78, 5) is 13.5. The summed E-state index contributed by atoms with van der Waals surface area (Å²) in [5, 5.41) is 3.52. The van der Waals surface area contributed by atoms with Crippen LogP contribution in [0.25, 0.3) is 16.5 Å². The van der Waals surface area contributed by atoms with E-state index in [1.54, 1.807) is 24.3 Å². The molecule has 5 heteroatoms. The Kier molecular flexibility index (Phi) is 4.09. The quantitative estimate of drug-likeness (QED) is 0.353. The van der Waals surface area contributed by atoms with Crippen molar-refractivity contribution in [1.29, 1.82) is 0 Å². The number of benzene rings is 1. The van der Waals surface area contributed by atoms with Crippen LogP contribution in [0.4, 0.5) is 5.69 Å². The molecule has 0 saturated heterocycles. The van der Waals surface area contributed by atoms with Crippen LogP contribution in [0.15, 0.2) is 33.9 Å². The van der Waals surface area contributed by atoms with E-state index in [1.807, 2.05) is 0 Å². The molecule has 4 nitrogen and oxygen atoms in total. The summed E-state index contributed by atoms with van der Waals surface area (Å²) in [7, 11) is 0. The fourth-order valence-electron chi connectivity index (χ4n) is 1.01. The molecule has 1 rings (SSSR count). The predicted octanol–water partition coefficient (Wildman–Crippen LogP) is 3.99. The minimum atomic E-state index is -0.0538. The van der Waals surface area contributed by atoms with Gasteiger partial charge in [0.25, 0.3) is 0 Å². The van der Waals surface area contributed by atoms with E-state index in [1.165, 1.54) is 13.0 Å². The Morgan fingerprint density at radius 2 is 2.33 bits per heavy atom. The second-order valence-electron chi connectivity index (χ2n) is 2.84. The van der Waals surface area contributed by atoms with Crippen LogP contribution in [0.5, 0.6) is 0 Å². The highest BCUT2D eigenvalue weighted by molar-refractivity contribution is 9.10. The summed E-state index contributed by atoms with van der Waals surface area (Å²) in [6, 6.07) is 5.24. The Bertz CT molecular complexity index is 462. The molecule has 0 spiro atoms. The van der Waals surface area contributed by atoms with Crippen molar-refractivity contribution < 1.29 is 4.79 Å². The molecule has 76 valence electrons. The number of allylic oxidation sites excluding steroid dienone is 1. The zero-order valence-corrected chi connectivity index (χ0v) is 9.60. The molecule has 0 saturated carbocycles. The molecule has 0 aliphatic carbocycles. The maximum absolute atomic E-state index is 10.8. The first-order valence-corrected chi connectivity index (χ1v) is 4.96. The first kappa shape index (κ1) is 11.5. The van der Waals surface area contributed by atoms with Gasteiger partial charge in [-0.2, -0.15) is 0 Å². The first-order chi connectivity index (χ1) is 7.13. The number of nitrogens with zero attached hydrogens (tertiary/aromatic N) is 3. The van der Waals surface area contributed by atoms with Crippen LogP contribution in [-0.2, 0) is 4.79 Å². The van der Waals surface area contributed by atoms with Crippen molar-refractivity contribution in [3.8, 4) is 0 Å². The van der Waals surface area contributed by atoms with Crippen LogP contribution >= 0.6 is 15.9 Å². The van der Waals surface area contributed by atoms with E-state index in [0.717, 1.165) is 4.47 Å². The lowest BCUT2D eigenvalue weighted by atomic mass is 10.1. The number of rotatable bonds is 3. The minimum Gasteiger partial charge on any atom is -0.295 e. The average Bonchev–Trinajstić information content (AvgIpc) is 2.18. The van der Waals surface area contributed by atoms with Gasteiger partial charge < -0.3 is 0 Å². The molecule has 0 atom stereocenters. The summed E-state index contributed by atoms with van der Waals surface area (Å²) >= 11 is 3.30. The molecular weight excluding hydrogens is 258 g/mol. The Morgan fingerprint density at radius 1 is 1.60 bits per heavy atom. The lowest BCUT2D eigenvalue weighted by Crippen LogP contribution is -1.81. The molecular formula is C10H8BrN3O. The third kappa shape index (κ3) is 3.58. The topological polar surface area (TPSA) is 65.8 Å². The SMILES string of the molecule is CC(=O)/C=C/c1cc(Br)ccc1N=[N+]=[N-]. The van der Waals surface area contributed by atoms with Crippen molar-refractivity contribution in [2.24, 2.45) is 5.11 Å². The van der Waals surface area contributed by atoms with E-state index in [-0.39, 0.29) is 5.78 Å². The Balaban J connectivity index is 3.18. The van der Waals surface area contributed by atoms with Gasteiger partial charge in [-0.3, -0.25) is 4.79 Å². The van der Waals surface area contributed by atoms with Gasteiger partial charge in [-0.25, -0.2) is 0 Å². The minimum absolute atomic E-state index is 0.0538. The predicted molar refractivity (Wildman–Crippen MR) is 62.7 cm³/mol. The van der Waals surface area contributed by atoms with Crippen LogP contribution in [0.2, 0.25) is 0 Å². The number of ketones is 1. The molecule has 0 N–H and O–H groups in total. The van der Waals surface area contributed by atoms with Crippen molar-refractivity contribution in [2.45, 2.75) is 6.92 Å². The summed E-state index contributed by atoms with van der Waals surface area (Å²) in [5.74, 6) is -0.0538. The number of hydrogen-bond acceptors (Lipinski definition) is 2. The summed E-state index contributed by atoms with van der Waals surface area (Å²) < 4.78 is 0.864. The van der Waals surface area contributed by atoms with E-state index in [4.69, 9.17) is 5.53 Å². The van der Waals surface area contributed by atoms with Crippen molar-refractivity contribution in [3.05, 3.63) is 44.8 Å². The van der Waals surface area contributed by atoms with Gasteiger partial charge in [0.1, 0.15) is 0 Å². The third-order valence-corrected chi connectivity index (χ3v) is 2.13. The standard InChI is InChI=1S/C10H8BrN3O/c1-7(15)2-3-8-6-9(11)4-5-10(8)13-14-12/h2-6H,1H3/b3-2+. The molecule has 15 heavy (non-hydrogen) atoms. The van der Waals surface area contributed by atoms with Gasteiger partial charge >= 0.3 is 0 Å². The maximum atomic E-state index is 10.8. The number of carbonyl (C=O) groups excluding carboxylic acids is 1. The van der Waals surface area contributed by atoms with E-state index < -0.39 is 0 Å². The molecule has 0 aliphatic rings. The molecule has 0 heterocycles. The Morgan fingerprint density at radius 3 is 2.93 bits per heavy atom. The average molecular weight is 266 g/mol. The van der Waals surface area contributed by atoms with E-state index in [2.05, 4.69) is 26.0 Å². The van der Waals surface area contributed by atoms with Crippen molar-refractivity contribution in [2.75, 3.05) is 0 Å². The van der Waals surface area contributed by atoms with Gasteiger partial charge in [-0.05, 0) is 36.2 Å². The van der Waals surface area contributed by atoms with Gasteiger partial charge in [0.05, 0.1) is 0 Å². The summed E-state index contributed by atoms with van der Waals surface area (Å²) in [5.41, 5.74) is 9.55. The van der Waals surface area contributed by atoms with Crippen LogP contribution in [0.3, 0.4) is 0 Å². The maximum Gasteiger partial charge on any atom is 0.152 e. The molecule has 0 amide bonds. The van der Waals surface area contributed by atoms with Crippen molar-refractivity contribution in [3.63, 3.8) is 0 Å². The first-order valence-electron chi connectivity index (χ1n) is 4.17. The van der Waals surface area contributed by atoms with E-state index in [9.17, 15) is 4.79 Å². The third-order valence-electron chi connectivity index (χ3n) is 1.64. The van der Waals surface area contributed by atoms with Gasteiger partial charge in [0.15, 0.2) is 5.78 Å². The number of azide groups is 1. The molecule has 0 aromatic heterocycles. The van der Waals surface area contributed by atoms with Crippen LogP contribution < -0.4 is 0 Å². The normalized spacial score (nSPS) is 10.0. The van der Waals surface area contributed by atoms with Crippen molar-refractivity contribution in [1.82, 2.24) is 0 Å². The zero-order chi connectivity index (χ0) is 11.3. The lowest BCUT2D eigenvalue weighted by Gasteiger charge is -1.99. The number of halogens is 1. The van der Waals surface area contributed by atoms with Crippen molar-refractivity contribution >= 4 is 33.5 Å². The Labute approximate surface area is 95.4 Å². The second-order valence-corrected chi connectivity index (χ2v) is 3.75. The van der Waals surface area contributed by atoms with Crippen LogP contribution in [0, 0.1) is 0 Å². The van der Waals surface area contributed by atoms with E-state index >= 15 is 0 Å². The summed E-state index contributed by atoms with van der Waals surface area (Å²) in [6.07, 6.45) is 3.05. The van der Waals surface area contributed by atoms with E-state index in [0.29, 0.717) is 11.3 Å². The van der Waals surface area contributed by atoms with Crippen LogP contribution in [-0.4, -0.2) is 5.78 Å². The fourth-order valence-corrected chi connectivity index (χ4v) is 1.38. The summed E-state index contributed by atoms with van der Waals surface area (Å²) in [6.45, 7) is 1.46. The lowest BCUT2D eigenvalue weighted by molar-refractivity contribution is -0.112. The molecule has 0 radical (unpaired) electrons. The second kappa shape index (κ2) is 5.34. The molecule has 0 fully saturated rings. The highest BCUT2D eigenvalue weighted by Crippen LogP contribution is 2.24. The Hall–Kier alpha value is -1.58. The highest BCUT2D eigenvalue weighted by atomic mass is 79.9. The smallest absolute Gasteiger partial charge is 0.152 e. The number of carbonyl (C=O) groups is 1. The largest absolute Gasteiger partial charge is 0.295 e. The van der Waals surface area contributed by atoms with Crippen LogP contribution in [0.1, 0.15) is 12.5 Å². The molecule has 0 aliphatic heterocycles. The molecule has 1 aromatic rings.